The minimum atomic E-state index is -0.0360. The topological polar surface area (TPSA) is 30.5 Å². The van der Waals surface area contributed by atoms with Crippen molar-refractivity contribution in [3.05, 3.63) is 43.2 Å². The van der Waals surface area contributed by atoms with Gasteiger partial charge < -0.3 is 14.8 Å². The first kappa shape index (κ1) is 7.74. The van der Waals surface area contributed by atoms with E-state index in [1.54, 1.807) is 12.9 Å². The van der Waals surface area contributed by atoms with Crippen LogP contribution in [0.5, 0.6) is 5.75 Å². The Kier molecular flexibility index (Phi) is 1.63. The molecule has 0 aliphatic carbocycles. The van der Waals surface area contributed by atoms with Crippen molar-refractivity contribution in [2.45, 2.75) is 6.23 Å². The summed E-state index contributed by atoms with van der Waals surface area (Å²) in [5.74, 6) is 1.09. The molecule has 0 saturated heterocycles. The summed E-state index contributed by atoms with van der Waals surface area (Å²) in [5, 5.41) is 3.29. The molecule has 0 aromatic heterocycles. The smallest absolute Gasteiger partial charge is 0.180 e. The highest BCUT2D eigenvalue weighted by molar-refractivity contribution is 5.60. The average molecular weight is 188 g/mol. The predicted molar refractivity (Wildman–Crippen MR) is 52.5 cm³/mol. The van der Waals surface area contributed by atoms with Gasteiger partial charge in [0.2, 0.25) is 0 Å². The molecule has 3 nitrogen and oxygen atoms in total. The largest absolute Gasteiger partial charge is 0.494 e. The summed E-state index contributed by atoms with van der Waals surface area (Å²) in [5.41, 5.74) is 1.05. The third-order valence-corrected chi connectivity index (χ3v) is 2.40. The normalized spacial score (nSPS) is 27.7. The Morgan fingerprint density at radius 1 is 1.21 bits per heavy atom. The quantitative estimate of drug-likeness (QED) is 0.732. The number of rotatable bonds is 1. The molecule has 3 heteroatoms. The van der Waals surface area contributed by atoms with Gasteiger partial charge in [0.05, 0.1) is 17.9 Å². The van der Waals surface area contributed by atoms with Gasteiger partial charge in [-0.2, -0.15) is 0 Å². The fourth-order valence-corrected chi connectivity index (χ4v) is 1.67. The standard InChI is InChI=1S/C11H10NO2/c1-2-4-10-9(3-1)12-11(14-10)8-5-6-13-7-8/h1-8,11-12H. The third kappa shape index (κ3) is 1.13. The Labute approximate surface area is 82.3 Å². The van der Waals surface area contributed by atoms with Gasteiger partial charge in [-0.1, -0.05) is 12.1 Å². The fraction of sp³-hybridized carbons (Fsp3) is 0.182. The van der Waals surface area contributed by atoms with E-state index in [1.807, 2.05) is 30.3 Å². The number of para-hydroxylation sites is 2. The number of benzene rings is 1. The third-order valence-electron chi connectivity index (χ3n) is 2.40. The summed E-state index contributed by atoms with van der Waals surface area (Å²) in [6.07, 6.45) is 3.62. The Bertz CT molecular complexity index is 350. The van der Waals surface area contributed by atoms with E-state index in [2.05, 4.69) is 5.32 Å². The molecule has 0 spiro atoms. The van der Waals surface area contributed by atoms with Crippen LogP contribution in [0.3, 0.4) is 0 Å². The minimum Gasteiger partial charge on any atom is -0.494 e. The Morgan fingerprint density at radius 3 is 2.93 bits per heavy atom. The highest BCUT2D eigenvalue weighted by Gasteiger charge is 2.30. The van der Waals surface area contributed by atoms with E-state index < -0.39 is 0 Å². The second-order valence-electron chi connectivity index (χ2n) is 3.36. The van der Waals surface area contributed by atoms with E-state index in [4.69, 9.17) is 9.47 Å². The van der Waals surface area contributed by atoms with Gasteiger partial charge >= 0.3 is 0 Å². The molecule has 0 fully saturated rings. The van der Waals surface area contributed by atoms with Gasteiger partial charge in [0, 0.05) is 0 Å². The molecule has 1 N–H and O–H groups in total. The predicted octanol–water partition coefficient (Wildman–Crippen LogP) is 2.14. The number of anilines is 1. The van der Waals surface area contributed by atoms with Gasteiger partial charge in [0.1, 0.15) is 12.4 Å². The molecule has 2 aliphatic rings. The first-order valence-electron chi connectivity index (χ1n) is 4.61. The molecule has 3 rings (SSSR count). The summed E-state index contributed by atoms with van der Waals surface area (Å²) in [7, 11) is 0. The molecule has 71 valence electrons. The molecular weight excluding hydrogens is 178 g/mol. The first-order chi connectivity index (χ1) is 6.93. The number of hydrogen-bond donors (Lipinski definition) is 1. The summed E-state index contributed by atoms with van der Waals surface area (Å²) < 4.78 is 10.8. The van der Waals surface area contributed by atoms with Crippen molar-refractivity contribution < 1.29 is 9.47 Å². The molecule has 0 saturated carbocycles. The van der Waals surface area contributed by atoms with E-state index >= 15 is 0 Å². The van der Waals surface area contributed by atoms with Crippen LogP contribution in [0, 0.1) is 12.5 Å². The first-order valence-corrected chi connectivity index (χ1v) is 4.61. The molecule has 1 aromatic rings. The average Bonchev–Trinajstić information content (AvgIpc) is 2.86. The second kappa shape index (κ2) is 2.94. The van der Waals surface area contributed by atoms with Gasteiger partial charge in [-0.15, -0.1) is 0 Å². The number of nitrogens with one attached hydrogen (secondary N) is 1. The van der Waals surface area contributed by atoms with E-state index in [0.717, 1.165) is 11.4 Å². The molecule has 1 aromatic carbocycles. The Hall–Kier alpha value is -1.64. The van der Waals surface area contributed by atoms with Crippen LogP contribution in [-0.4, -0.2) is 6.23 Å². The van der Waals surface area contributed by atoms with Gasteiger partial charge in [-0.25, -0.2) is 0 Å². The molecule has 2 aliphatic heterocycles. The molecule has 0 bridgehead atoms. The van der Waals surface area contributed by atoms with E-state index in [1.165, 1.54) is 0 Å². The Morgan fingerprint density at radius 2 is 2.14 bits per heavy atom. The summed E-state index contributed by atoms with van der Waals surface area (Å²) in [4.78, 5) is 0. The maximum absolute atomic E-state index is 5.72. The fourth-order valence-electron chi connectivity index (χ4n) is 1.67. The van der Waals surface area contributed by atoms with Gasteiger partial charge in [-0.3, -0.25) is 0 Å². The van der Waals surface area contributed by atoms with Crippen molar-refractivity contribution in [3.8, 4) is 5.75 Å². The zero-order valence-electron chi connectivity index (χ0n) is 7.51. The highest BCUT2D eigenvalue weighted by atomic mass is 16.5. The highest BCUT2D eigenvalue weighted by Crippen LogP contribution is 2.35. The van der Waals surface area contributed by atoms with Crippen LogP contribution in [0.1, 0.15) is 0 Å². The van der Waals surface area contributed by atoms with Crippen molar-refractivity contribution in [2.75, 3.05) is 5.32 Å². The lowest BCUT2D eigenvalue weighted by Gasteiger charge is -2.15. The number of fused-ring (bicyclic) bond motifs is 1. The molecule has 2 heterocycles. The molecule has 2 unspecified atom stereocenters. The number of hydrogen-bond acceptors (Lipinski definition) is 3. The van der Waals surface area contributed by atoms with E-state index in [9.17, 15) is 0 Å². The minimum absolute atomic E-state index is 0.0360. The van der Waals surface area contributed by atoms with E-state index in [-0.39, 0.29) is 12.1 Å². The lowest BCUT2D eigenvalue weighted by molar-refractivity contribution is 0.192. The van der Waals surface area contributed by atoms with Crippen molar-refractivity contribution in [2.24, 2.45) is 5.92 Å². The lowest BCUT2D eigenvalue weighted by atomic mass is 10.1. The van der Waals surface area contributed by atoms with Crippen LogP contribution >= 0.6 is 0 Å². The van der Waals surface area contributed by atoms with Crippen molar-refractivity contribution in [3.63, 3.8) is 0 Å². The van der Waals surface area contributed by atoms with Gasteiger partial charge in [0.15, 0.2) is 6.23 Å². The van der Waals surface area contributed by atoms with Crippen LogP contribution in [0.4, 0.5) is 5.69 Å². The molecular formula is C11H10NO2. The molecule has 0 amide bonds. The zero-order valence-corrected chi connectivity index (χ0v) is 7.51. The lowest BCUT2D eigenvalue weighted by Crippen LogP contribution is -2.28. The maximum atomic E-state index is 5.72. The molecule has 2 atom stereocenters. The van der Waals surface area contributed by atoms with Crippen LogP contribution < -0.4 is 10.1 Å². The summed E-state index contributed by atoms with van der Waals surface area (Å²) in [6.45, 7) is 1.77. The van der Waals surface area contributed by atoms with E-state index in [0.29, 0.717) is 0 Å². The van der Waals surface area contributed by atoms with Crippen molar-refractivity contribution in [1.82, 2.24) is 0 Å². The monoisotopic (exact) mass is 188 g/mol. The zero-order chi connectivity index (χ0) is 9.38. The van der Waals surface area contributed by atoms with Gasteiger partial charge in [0.25, 0.3) is 0 Å². The van der Waals surface area contributed by atoms with Crippen molar-refractivity contribution >= 4 is 5.69 Å². The molecule has 14 heavy (non-hydrogen) atoms. The van der Waals surface area contributed by atoms with Crippen molar-refractivity contribution in [1.29, 1.82) is 0 Å². The summed E-state index contributed by atoms with van der Waals surface area (Å²) in [6, 6.07) is 7.92. The van der Waals surface area contributed by atoms with Gasteiger partial charge in [-0.05, 0) is 18.2 Å². The number of ether oxygens (including phenoxy) is 2. The summed E-state index contributed by atoms with van der Waals surface area (Å²) >= 11 is 0. The Balaban J connectivity index is 1.81. The maximum Gasteiger partial charge on any atom is 0.180 e. The SMILES string of the molecule is [CH]1OC=CC1C1Nc2ccccc2O1. The second-order valence-corrected chi connectivity index (χ2v) is 3.36. The van der Waals surface area contributed by atoms with Crippen LogP contribution in [0.25, 0.3) is 0 Å². The van der Waals surface area contributed by atoms with Crippen LogP contribution in [0.2, 0.25) is 0 Å². The molecule has 1 radical (unpaired) electrons. The van der Waals surface area contributed by atoms with Crippen LogP contribution in [0.15, 0.2) is 36.6 Å². The van der Waals surface area contributed by atoms with Crippen LogP contribution in [-0.2, 0) is 4.74 Å².